The largest absolute Gasteiger partial charge is 0.480 e. The minimum Gasteiger partial charge on any atom is -0.480 e. The number of nitrogens with one attached hydrogen (secondary N) is 8. The number of nitrogens with zero attached hydrogens (tertiary/aromatic N) is 1. The molecule has 0 unspecified atom stereocenters. The van der Waals surface area contributed by atoms with Crippen LogP contribution in [0.3, 0.4) is 0 Å². The number of carbonyl (C=O) groups is 9. The minimum atomic E-state index is -1.64. The minimum absolute atomic E-state index is 0.0353. The van der Waals surface area contributed by atoms with Crippen LogP contribution in [0.5, 0.6) is 0 Å². The maximum atomic E-state index is 14.4. The summed E-state index contributed by atoms with van der Waals surface area (Å²) in [7, 11) is 0. The summed E-state index contributed by atoms with van der Waals surface area (Å²) in [5.41, 5.74) is 28.2. The number of hydrogen-bond acceptors (Lipinski definition) is 14. The number of hydrogen-bond donors (Lipinski definition) is 15. The SMILES string of the molecule is CC[C@H](C)[C@H](NC(=O)[C@H](CCCCN)NC(=O)[C@H](CCCCN)NC(=O)[C@H](C)N)C(=O)N[C@H](C(=O)N[C@@H](CC(C)C)C(=O)N[C@@H](CCCN=C(N)N)C(=O)N[C@@H](CC(C)C)C(=O)N[C@@H](CO)C(=O)O)[C@@H](C)CC. The molecule has 25 nitrogen and oxygen atoms in total. The molecule has 0 radical (unpaired) electrons. The Balaban J connectivity index is 6.83. The second kappa shape index (κ2) is 36.3. The fraction of sp³-hybridized carbons (Fsp3) is 0.792. The van der Waals surface area contributed by atoms with Gasteiger partial charge in [0.1, 0.15) is 48.3 Å². The summed E-state index contributed by atoms with van der Waals surface area (Å²) in [4.78, 5) is 126. The summed E-state index contributed by atoms with van der Waals surface area (Å²) < 4.78 is 0. The Morgan fingerprint density at radius 2 is 0.795 bits per heavy atom. The Morgan fingerprint density at radius 1 is 0.466 bits per heavy atom. The van der Waals surface area contributed by atoms with E-state index in [2.05, 4.69) is 47.5 Å². The third kappa shape index (κ3) is 26.7. The molecule has 0 aromatic carbocycles. The number of aliphatic imine (C=N–C) groups is 1. The number of aliphatic carboxylic acids is 1. The lowest BCUT2D eigenvalue weighted by atomic mass is 9.94. The molecule has 0 heterocycles. The molecule has 0 aromatic heterocycles. The van der Waals surface area contributed by atoms with Gasteiger partial charge in [0.05, 0.1) is 12.6 Å². The van der Waals surface area contributed by atoms with Crippen LogP contribution >= 0.6 is 0 Å². The molecule has 0 bridgehead atoms. The number of aliphatic hydroxyl groups excluding tert-OH is 1. The predicted octanol–water partition coefficient (Wildman–Crippen LogP) is -2.22. The van der Waals surface area contributed by atoms with Crippen LogP contribution in [-0.2, 0) is 43.2 Å². The van der Waals surface area contributed by atoms with Crippen LogP contribution in [0.25, 0.3) is 0 Å². The summed E-state index contributed by atoms with van der Waals surface area (Å²) in [5, 5.41) is 40.2. The van der Waals surface area contributed by atoms with E-state index in [0.29, 0.717) is 51.6 Å². The number of rotatable bonds is 38. The Kier molecular flexibility index (Phi) is 33.5. The molecule has 73 heavy (non-hydrogen) atoms. The van der Waals surface area contributed by atoms with Gasteiger partial charge in [0.25, 0.3) is 0 Å². The van der Waals surface area contributed by atoms with Crippen LogP contribution in [0.4, 0.5) is 0 Å². The molecule has 0 aliphatic heterocycles. The van der Waals surface area contributed by atoms with Crippen molar-refractivity contribution in [2.75, 3.05) is 26.2 Å². The Bertz CT molecular complexity index is 1780. The molecule has 20 N–H and O–H groups in total. The van der Waals surface area contributed by atoms with Crippen molar-refractivity contribution >= 4 is 59.2 Å². The topological polar surface area (TPSA) is 433 Å². The molecule has 0 saturated heterocycles. The van der Waals surface area contributed by atoms with Crippen molar-refractivity contribution in [3.63, 3.8) is 0 Å². The van der Waals surface area contributed by atoms with Crippen molar-refractivity contribution in [2.24, 2.45) is 57.3 Å². The molecular formula is C48H92N14O11. The molecule has 8 amide bonds. The zero-order valence-electron chi connectivity index (χ0n) is 44.7. The first-order valence-electron chi connectivity index (χ1n) is 25.8. The highest BCUT2D eigenvalue weighted by Crippen LogP contribution is 2.16. The van der Waals surface area contributed by atoms with E-state index >= 15 is 0 Å². The van der Waals surface area contributed by atoms with Crippen molar-refractivity contribution in [1.29, 1.82) is 0 Å². The van der Waals surface area contributed by atoms with Gasteiger partial charge in [-0.25, -0.2) is 4.79 Å². The first-order valence-corrected chi connectivity index (χ1v) is 25.8. The van der Waals surface area contributed by atoms with Crippen molar-refractivity contribution in [1.82, 2.24) is 42.5 Å². The molecule has 25 heteroatoms. The van der Waals surface area contributed by atoms with Gasteiger partial charge in [-0.3, -0.25) is 43.3 Å². The quantitative estimate of drug-likeness (QED) is 0.0177. The van der Waals surface area contributed by atoms with E-state index in [1.807, 2.05) is 27.7 Å². The van der Waals surface area contributed by atoms with E-state index in [4.69, 9.17) is 28.7 Å². The zero-order valence-corrected chi connectivity index (χ0v) is 44.7. The number of carboxylic acids is 1. The number of aliphatic hydroxyl groups is 1. The van der Waals surface area contributed by atoms with E-state index in [1.54, 1.807) is 27.7 Å². The van der Waals surface area contributed by atoms with Crippen LogP contribution in [0, 0.1) is 23.7 Å². The molecule has 0 aliphatic carbocycles. The molecule has 0 fully saturated rings. The van der Waals surface area contributed by atoms with Crippen LogP contribution in [0.15, 0.2) is 4.99 Å². The fourth-order valence-electron chi connectivity index (χ4n) is 7.44. The molecular weight excluding hydrogens is 949 g/mol. The molecule has 0 rings (SSSR count). The first-order chi connectivity index (χ1) is 34.3. The average molecular weight is 1040 g/mol. The zero-order chi connectivity index (χ0) is 56.0. The lowest BCUT2D eigenvalue weighted by Crippen LogP contribution is -2.62. The molecule has 11 atom stereocenters. The summed E-state index contributed by atoms with van der Waals surface area (Å²) in [6.45, 7) is 15.6. The van der Waals surface area contributed by atoms with Crippen molar-refractivity contribution < 1.29 is 53.4 Å². The molecule has 0 spiro atoms. The normalized spacial score (nSPS) is 15.8. The van der Waals surface area contributed by atoms with Crippen molar-refractivity contribution in [3.8, 4) is 0 Å². The molecule has 0 aromatic rings. The Labute approximate surface area is 431 Å². The van der Waals surface area contributed by atoms with Crippen molar-refractivity contribution in [3.05, 3.63) is 0 Å². The summed E-state index contributed by atoms with van der Waals surface area (Å²) in [6.07, 6.45) is 3.58. The Morgan fingerprint density at radius 3 is 1.15 bits per heavy atom. The van der Waals surface area contributed by atoms with Gasteiger partial charge in [0.2, 0.25) is 47.3 Å². The standard InChI is InChI=1S/C48H92N14O11/c1-10-28(7)37(62-46(71)38(29(8)11-2)61-42(67)32(18-13-15-21-50)56-40(65)31(17-12-14-20-49)55-39(64)30(9)51)45(70)59-35(24-27(5)6)43(68)57-33(19-16-22-54-48(52)53)41(66)58-34(23-26(3)4)44(69)60-36(25-63)47(72)73/h26-38,63H,10-25,49-51H2,1-9H3,(H,55,64)(H,56,65)(H,57,68)(H,58,66)(H,59,70)(H,60,69)(H,61,67)(H,62,71)(H,72,73)(H4,52,53,54)/t28-,29-,30-,31-,32-,33-,34-,35-,36-,37-,38-/m0/s1. The fourth-order valence-corrected chi connectivity index (χ4v) is 7.44. The summed E-state index contributed by atoms with van der Waals surface area (Å²) in [5.74, 6) is -8.74. The van der Waals surface area contributed by atoms with Crippen molar-refractivity contribution in [2.45, 2.75) is 194 Å². The van der Waals surface area contributed by atoms with E-state index in [1.165, 1.54) is 6.92 Å². The first kappa shape index (κ1) is 67.3. The highest BCUT2D eigenvalue weighted by atomic mass is 16.4. The van der Waals surface area contributed by atoms with Gasteiger partial charge < -0.3 is 81.4 Å². The van der Waals surface area contributed by atoms with E-state index in [9.17, 15) is 53.4 Å². The van der Waals surface area contributed by atoms with Crippen LogP contribution in [0.2, 0.25) is 0 Å². The molecule has 0 saturated carbocycles. The smallest absolute Gasteiger partial charge is 0.328 e. The monoisotopic (exact) mass is 1040 g/mol. The average Bonchev–Trinajstić information content (AvgIpc) is 3.32. The van der Waals surface area contributed by atoms with Gasteiger partial charge in [-0.2, -0.15) is 0 Å². The van der Waals surface area contributed by atoms with Gasteiger partial charge in [-0.15, -0.1) is 0 Å². The number of unbranched alkanes of at least 4 members (excludes halogenated alkanes) is 2. The van der Waals surface area contributed by atoms with Crippen LogP contribution in [-0.4, -0.2) is 150 Å². The van der Waals surface area contributed by atoms with E-state index in [0.717, 1.165) is 0 Å². The van der Waals surface area contributed by atoms with Gasteiger partial charge in [-0.1, -0.05) is 68.2 Å². The maximum Gasteiger partial charge on any atom is 0.328 e. The van der Waals surface area contributed by atoms with Gasteiger partial charge in [-0.05, 0) is 108 Å². The third-order valence-electron chi connectivity index (χ3n) is 12.2. The molecule has 420 valence electrons. The number of amides is 8. The highest BCUT2D eigenvalue weighted by molar-refractivity contribution is 5.98. The lowest BCUT2D eigenvalue weighted by Gasteiger charge is -2.31. The summed E-state index contributed by atoms with van der Waals surface area (Å²) >= 11 is 0. The lowest BCUT2D eigenvalue weighted by molar-refractivity contribution is -0.143. The molecule has 0 aliphatic rings. The number of carboxylic acid groups (broad SMARTS) is 1. The third-order valence-corrected chi connectivity index (χ3v) is 12.2. The second-order valence-corrected chi connectivity index (χ2v) is 19.7. The maximum absolute atomic E-state index is 14.4. The highest BCUT2D eigenvalue weighted by Gasteiger charge is 2.37. The Hall–Kier alpha value is -5.66. The van der Waals surface area contributed by atoms with Gasteiger partial charge >= 0.3 is 5.97 Å². The number of guanidine groups is 1. The summed E-state index contributed by atoms with van der Waals surface area (Å²) in [6, 6.07) is -11.0. The van der Waals surface area contributed by atoms with Gasteiger partial charge in [0, 0.05) is 6.54 Å². The van der Waals surface area contributed by atoms with E-state index < -0.39 is 126 Å². The van der Waals surface area contributed by atoms with Crippen LogP contribution in [0.1, 0.15) is 139 Å². The van der Waals surface area contributed by atoms with Gasteiger partial charge in [0.15, 0.2) is 5.96 Å². The second-order valence-electron chi connectivity index (χ2n) is 19.7. The number of carbonyl (C=O) groups excluding carboxylic acids is 8. The number of nitrogens with two attached hydrogens (primary N) is 5. The van der Waals surface area contributed by atoms with Crippen LogP contribution < -0.4 is 71.2 Å². The van der Waals surface area contributed by atoms with E-state index in [-0.39, 0.29) is 62.9 Å². The predicted molar refractivity (Wildman–Crippen MR) is 277 cm³/mol.